The summed E-state index contributed by atoms with van der Waals surface area (Å²) in [7, 11) is 0. The summed E-state index contributed by atoms with van der Waals surface area (Å²) in [6.45, 7) is 0.728. The predicted molar refractivity (Wildman–Crippen MR) is 94.0 cm³/mol. The molecule has 0 bridgehead atoms. The zero-order chi connectivity index (χ0) is 17.1. The van der Waals surface area contributed by atoms with E-state index in [1.165, 1.54) is 10.6 Å². The molecule has 0 fully saturated rings. The number of hydrogen-bond acceptors (Lipinski definition) is 4. The first-order valence-corrected chi connectivity index (χ1v) is 7.95. The zero-order valence-corrected chi connectivity index (χ0v) is 13.4. The first kappa shape index (κ1) is 15.3. The summed E-state index contributed by atoms with van der Waals surface area (Å²) in [5.41, 5.74) is 2.32. The molecule has 1 N–H and O–H groups in total. The molecule has 25 heavy (non-hydrogen) atoms. The molecular formula is C19H16N4O2. The highest BCUT2D eigenvalue weighted by Gasteiger charge is 2.09. The molecule has 0 aliphatic rings. The van der Waals surface area contributed by atoms with E-state index in [1.54, 1.807) is 0 Å². The number of nitrogens with zero attached hydrogens (tertiary/aromatic N) is 3. The minimum Gasteiger partial charge on any atom is -0.370 e. The molecule has 124 valence electrons. The highest BCUT2D eigenvalue weighted by Crippen LogP contribution is 2.14. The number of nitrogens with one attached hydrogen (secondary N) is 1. The lowest BCUT2D eigenvalue weighted by atomic mass is 10.2. The van der Waals surface area contributed by atoms with Crippen LogP contribution < -0.4 is 5.56 Å². The molecule has 0 saturated heterocycles. The van der Waals surface area contributed by atoms with E-state index in [9.17, 15) is 4.79 Å². The summed E-state index contributed by atoms with van der Waals surface area (Å²) in [5.74, 6) is 0.942. The van der Waals surface area contributed by atoms with Gasteiger partial charge in [0.25, 0.3) is 11.3 Å². The minimum atomic E-state index is -0.210. The van der Waals surface area contributed by atoms with Crippen LogP contribution in [0.4, 0.5) is 0 Å². The number of H-pyrrole nitrogens is 1. The molecule has 4 aromatic rings. The van der Waals surface area contributed by atoms with Gasteiger partial charge in [-0.25, -0.2) is 4.98 Å². The number of fused-ring (bicyclic) bond motifs is 1. The Kier molecular flexibility index (Phi) is 4.10. The number of ether oxygens (including phenoxy) is 1. The highest BCUT2D eigenvalue weighted by molar-refractivity contribution is 5.56. The third-order valence-electron chi connectivity index (χ3n) is 3.79. The van der Waals surface area contributed by atoms with Gasteiger partial charge < -0.3 is 4.74 Å². The van der Waals surface area contributed by atoms with Gasteiger partial charge in [-0.2, -0.15) is 9.50 Å². The summed E-state index contributed by atoms with van der Waals surface area (Å²) in [6, 6.07) is 20.9. The van der Waals surface area contributed by atoms with E-state index in [1.807, 2.05) is 60.7 Å². The fourth-order valence-electron chi connectivity index (χ4n) is 2.57. The Hall–Kier alpha value is -3.25. The minimum absolute atomic E-state index is 0.210. The maximum Gasteiger partial charge on any atom is 0.274 e. The fourth-order valence-corrected chi connectivity index (χ4v) is 2.57. The molecule has 0 aliphatic carbocycles. The van der Waals surface area contributed by atoms with Crippen molar-refractivity contribution >= 4 is 5.78 Å². The van der Waals surface area contributed by atoms with Crippen LogP contribution in [-0.2, 0) is 18.0 Å². The van der Waals surface area contributed by atoms with Gasteiger partial charge in [0.05, 0.1) is 18.9 Å². The van der Waals surface area contributed by atoms with E-state index < -0.39 is 0 Å². The number of benzene rings is 2. The number of aromatic nitrogens is 4. The van der Waals surface area contributed by atoms with E-state index in [0.29, 0.717) is 23.9 Å². The molecule has 0 atom stereocenters. The molecule has 0 spiro atoms. The summed E-state index contributed by atoms with van der Waals surface area (Å²) < 4.78 is 6.99. The van der Waals surface area contributed by atoms with E-state index in [-0.39, 0.29) is 12.2 Å². The lowest BCUT2D eigenvalue weighted by Gasteiger charge is -2.03. The maximum atomic E-state index is 12.3. The molecule has 0 radical (unpaired) electrons. The topological polar surface area (TPSA) is 72.3 Å². The van der Waals surface area contributed by atoms with Gasteiger partial charge in [-0.3, -0.25) is 9.89 Å². The van der Waals surface area contributed by atoms with Gasteiger partial charge in [-0.15, -0.1) is 0 Å². The van der Waals surface area contributed by atoms with E-state index >= 15 is 0 Å². The molecule has 6 nitrogen and oxygen atoms in total. The quantitative estimate of drug-likeness (QED) is 0.610. The van der Waals surface area contributed by atoms with E-state index in [2.05, 4.69) is 15.1 Å². The highest BCUT2D eigenvalue weighted by atomic mass is 16.5. The van der Waals surface area contributed by atoms with E-state index in [4.69, 9.17) is 4.74 Å². The van der Waals surface area contributed by atoms with Crippen molar-refractivity contribution in [2.24, 2.45) is 0 Å². The van der Waals surface area contributed by atoms with Crippen LogP contribution in [0.5, 0.6) is 0 Å². The monoisotopic (exact) mass is 332 g/mol. The van der Waals surface area contributed by atoms with Crippen molar-refractivity contribution in [2.75, 3.05) is 0 Å². The molecule has 0 unspecified atom stereocenters. The second kappa shape index (κ2) is 6.70. The second-order valence-electron chi connectivity index (χ2n) is 5.64. The van der Waals surface area contributed by atoms with Crippen LogP contribution in [0.1, 0.15) is 11.3 Å². The van der Waals surface area contributed by atoms with Crippen molar-refractivity contribution in [1.82, 2.24) is 19.6 Å². The van der Waals surface area contributed by atoms with Crippen molar-refractivity contribution in [3.05, 3.63) is 88.3 Å². The lowest BCUT2D eigenvalue weighted by molar-refractivity contribution is 0.104. The van der Waals surface area contributed by atoms with Gasteiger partial charge >= 0.3 is 0 Å². The first-order valence-electron chi connectivity index (χ1n) is 7.95. The Bertz CT molecular complexity index is 1040. The van der Waals surface area contributed by atoms with Crippen LogP contribution >= 0.6 is 0 Å². The van der Waals surface area contributed by atoms with Gasteiger partial charge in [0.2, 0.25) is 0 Å². The van der Waals surface area contributed by atoms with Gasteiger partial charge in [-0.05, 0) is 5.56 Å². The largest absolute Gasteiger partial charge is 0.370 e. The Labute approximate surface area is 143 Å². The standard InChI is InChI=1S/C19H16N4O2/c24-17-11-16(13-25-12-14-7-3-1-4-8-14)20-19-21-18(22-23(17)19)15-9-5-2-6-10-15/h1-11H,12-13H2,(H,20,21,22). The third kappa shape index (κ3) is 3.34. The summed E-state index contributed by atoms with van der Waals surface area (Å²) in [5, 5.41) is 2.98. The smallest absolute Gasteiger partial charge is 0.274 e. The molecule has 2 aromatic carbocycles. The van der Waals surface area contributed by atoms with Crippen molar-refractivity contribution in [1.29, 1.82) is 0 Å². The predicted octanol–water partition coefficient (Wildman–Crippen LogP) is 2.80. The van der Waals surface area contributed by atoms with Crippen LogP contribution in [0.15, 0.2) is 71.5 Å². The summed E-state index contributed by atoms with van der Waals surface area (Å²) in [4.78, 5) is 21.1. The molecule has 2 aromatic heterocycles. The fraction of sp³-hybridized carbons (Fsp3) is 0.105. The SMILES string of the molecule is O=c1cc(COCc2ccccc2)nc2nc(-c3ccccc3)[nH]n12. The second-order valence-corrected chi connectivity index (χ2v) is 5.64. The van der Waals surface area contributed by atoms with Crippen molar-refractivity contribution in [3.63, 3.8) is 0 Å². The number of aromatic amines is 1. The lowest BCUT2D eigenvalue weighted by Crippen LogP contribution is -2.16. The van der Waals surface area contributed by atoms with Gasteiger partial charge in [0, 0.05) is 11.6 Å². The van der Waals surface area contributed by atoms with Gasteiger partial charge in [-0.1, -0.05) is 60.7 Å². The Morgan fingerprint density at radius 2 is 1.64 bits per heavy atom. The Morgan fingerprint density at radius 3 is 2.40 bits per heavy atom. The van der Waals surface area contributed by atoms with Crippen LogP contribution in [-0.4, -0.2) is 19.6 Å². The Balaban J connectivity index is 1.56. The molecular weight excluding hydrogens is 316 g/mol. The average Bonchev–Trinajstić information content (AvgIpc) is 3.08. The molecule has 0 saturated carbocycles. The molecule has 4 rings (SSSR count). The number of rotatable bonds is 5. The van der Waals surface area contributed by atoms with Gasteiger partial charge in [0.1, 0.15) is 0 Å². The summed E-state index contributed by atoms with van der Waals surface area (Å²) >= 11 is 0. The Morgan fingerprint density at radius 1 is 0.920 bits per heavy atom. The molecule has 0 aliphatic heterocycles. The van der Waals surface area contributed by atoms with Crippen molar-refractivity contribution in [3.8, 4) is 11.4 Å². The average molecular weight is 332 g/mol. The normalized spacial score (nSPS) is 11.0. The van der Waals surface area contributed by atoms with Crippen molar-refractivity contribution < 1.29 is 4.74 Å². The molecule has 2 heterocycles. The van der Waals surface area contributed by atoms with Gasteiger partial charge in [0.15, 0.2) is 5.82 Å². The summed E-state index contributed by atoms with van der Waals surface area (Å²) in [6.07, 6.45) is 0. The van der Waals surface area contributed by atoms with Crippen LogP contribution in [0, 0.1) is 0 Å². The number of hydrogen-bond donors (Lipinski definition) is 1. The maximum absolute atomic E-state index is 12.3. The molecule has 6 heteroatoms. The van der Waals surface area contributed by atoms with Crippen LogP contribution in [0.2, 0.25) is 0 Å². The van der Waals surface area contributed by atoms with Crippen molar-refractivity contribution in [2.45, 2.75) is 13.2 Å². The first-order chi connectivity index (χ1) is 12.3. The zero-order valence-electron chi connectivity index (χ0n) is 13.4. The molecule has 0 amide bonds. The third-order valence-corrected chi connectivity index (χ3v) is 3.79. The van der Waals surface area contributed by atoms with Crippen LogP contribution in [0.3, 0.4) is 0 Å². The van der Waals surface area contributed by atoms with Crippen LogP contribution in [0.25, 0.3) is 17.2 Å². The van der Waals surface area contributed by atoms with E-state index in [0.717, 1.165) is 11.1 Å².